The van der Waals surface area contributed by atoms with Crippen LogP contribution in [0.3, 0.4) is 0 Å². The van der Waals surface area contributed by atoms with Crippen LogP contribution >= 0.6 is 0 Å². The Labute approximate surface area is 128 Å². The van der Waals surface area contributed by atoms with E-state index >= 15 is 0 Å². The van der Waals surface area contributed by atoms with Crippen molar-refractivity contribution < 1.29 is 9.47 Å². The predicted molar refractivity (Wildman–Crippen MR) is 84.3 cm³/mol. The first-order valence-corrected chi connectivity index (χ1v) is 7.15. The number of para-hydroxylation sites is 1. The van der Waals surface area contributed by atoms with Gasteiger partial charge in [0.05, 0.1) is 23.8 Å². The minimum Gasteiger partial charge on any atom is -0.486 e. The Kier molecular flexibility index (Phi) is 3.16. The molecule has 2 heterocycles. The maximum Gasteiger partial charge on any atom is 0.163 e. The van der Waals surface area contributed by atoms with Gasteiger partial charge in [-0.3, -0.25) is 0 Å². The van der Waals surface area contributed by atoms with Gasteiger partial charge in [-0.1, -0.05) is 18.2 Å². The lowest BCUT2D eigenvalue weighted by atomic mass is 10.2. The number of ether oxygens (including phenoxy) is 2. The van der Waals surface area contributed by atoms with Crippen LogP contribution in [0.2, 0.25) is 0 Å². The number of aromatic nitrogens is 2. The van der Waals surface area contributed by atoms with Crippen LogP contribution in [0.25, 0.3) is 5.69 Å². The summed E-state index contributed by atoms with van der Waals surface area (Å²) >= 11 is 0. The van der Waals surface area contributed by atoms with E-state index in [1.54, 1.807) is 6.20 Å². The second kappa shape index (κ2) is 5.44. The Hall–Kier alpha value is -2.95. The topological polar surface area (TPSA) is 48.3 Å². The summed E-state index contributed by atoms with van der Waals surface area (Å²) in [6, 6.07) is 15.8. The quantitative estimate of drug-likeness (QED) is 0.804. The summed E-state index contributed by atoms with van der Waals surface area (Å²) < 4.78 is 12.9. The molecule has 4 rings (SSSR count). The third-order valence-electron chi connectivity index (χ3n) is 3.43. The predicted octanol–water partition coefficient (Wildman–Crippen LogP) is 3.39. The molecule has 0 bridgehead atoms. The highest BCUT2D eigenvalue weighted by molar-refractivity contribution is 5.63. The van der Waals surface area contributed by atoms with E-state index < -0.39 is 0 Å². The minimum atomic E-state index is 0.586. The van der Waals surface area contributed by atoms with Gasteiger partial charge < -0.3 is 14.8 Å². The third-order valence-corrected chi connectivity index (χ3v) is 3.43. The SMILES string of the molecule is c1ccc(-n2cc(Nc3ccc4c(c3)OCCO4)cn2)cc1. The lowest BCUT2D eigenvalue weighted by Crippen LogP contribution is -2.15. The third kappa shape index (κ3) is 2.48. The second-order valence-corrected chi connectivity index (χ2v) is 4.99. The highest BCUT2D eigenvalue weighted by Crippen LogP contribution is 2.33. The van der Waals surface area contributed by atoms with E-state index in [9.17, 15) is 0 Å². The molecule has 22 heavy (non-hydrogen) atoms. The molecule has 0 atom stereocenters. The van der Waals surface area contributed by atoms with E-state index in [2.05, 4.69) is 10.4 Å². The van der Waals surface area contributed by atoms with Gasteiger partial charge in [0, 0.05) is 11.8 Å². The molecular formula is C17H15N3O2. The zero-order valence-corrected chi connectivity index (χ0v) is 11.9. The molecule has 5 heteroatoms. The number of anilines is 2. The molecule has 0 unspecified atom stereocenters. The lowest BCUT2D eigenvalue weighted by molar-refractivity contribution is 0.171. The van der Waals surface area contributed by atoms with Gasteiger partial charge in [-0.15, -0.1) is 0 Å². The Bertz CT molecular complexity index is 784. The Morgan fingerprint density at radius 3 is 2.59 bits per heavy atom. The highest BCUT2D eigenvalue weighted by atomic mass is 16.6. The van der Waals surface area contributed by atoms with Crippen molar-refractivity contribution in [1.29, 1.82) is 0 Å². The molecule has 0 saturated carbocycles. The summed E-state index contributed by atoms with van der Waals surface area (Å²) in [5.74, 6) is 1.56. The maximum atomic E-state index is 5.59. The first-order chi connectivity index (χ1) is 10.9. The summed E-state index contributed by atoms with van der Waals surface area (Å²) in [5, 5.41) is 7.69. The van der Waals surface area contributed by atoms with Crippen molar-refractivity contribution in [3.05, 3.63) is 60.9 Å². The number of nitrogens with zero attached hydrogens (tertiary/aromatic N) is 2. The molecule has 0 amide bonds. The largest absolute Gasteiger partial charge is 0.486 e. The van der Waals surface area contributed by atoms with Gasteiger partial charge in [-0.05, 0) is 24.3 Å². The van der Waals surface area contributed by atoms with Crippen molar-refractivity contribution in [1.82, 2.24) is 9.78 Å². The average molecular weight is 293 g/mol. The number of hydrogen-bond acceptors (Lipinski definition) is 4. The van der Waals surface area contributed by atoms with E-state index in [0.29, 0.717) is 13.2 Å². The van der Waals surface area contributed by atoms with E-state index in [4.69, 9.17) is 9.47 Å². The molecule has 0 radical (unpaired) electrons. The summed E-state index contributed by atoms with van der Waals surface area (Å²) in [6.07, 6.45) is 3.75. The van der Waals surface area contributed by atoms with E-state index in [1.165, 1.54) is 0 Å². The van der Waals surface area contributed by atoms with Crippen molar-refractivity contribution in [2.24, 2.45) is 0 Å². The number of hydrogen-bond donors (Lipinski definition) is 1. The standard InChI is InChI=1S/C17H15N3O2/c1-2-4-15(5-3-1)20-12-14(11-18-20)19-13-6-7-16-17(10-13)22-9-8-21-16/h1-7,10-12,19H,8-9H2. The van der Waals surface area contributed by atoms with Crippen LogP contribution in [0.5, 0.6) is 11.5 Å². The summed E-state index contributed by atoms with van der Waals surface area (Å²) in [6.45, 7) is 1.19. The first-order valence-electron chi connectivity index (χ1n) is 7.15. The molecule has 0 aliphatic carbocycles. The number of fused-ring (bicyclic) bond motifs is 1. The van der Waals surface area contributed by atoms with E-state index in [1.807, 2.05) is 59.4 Å². The molecule has 0 saturated heterocycles. The summed E-state index contributed by atoms with van der Waals surface area (Å²) in [4.78, 5) is 0. The highest BCUT2D eigenvalue weighted by Gasteiger charge is 2.12. The minimum absolute atomic E-state index is 0.586. The first kappa shape index (κ1) is 12.8. The fourth-order valence-corrected chi connectivity index (χ4v) is 2.40. The average Bonchev–Trinajstić information content (AvgIpc) is 3.04. The number of benzene rings is 2. The van der Waals surface area contributed by atoms with Crippen LogP contribution in [-0.4, -0.2) is 23.0 Å². The van der Waals surface area contributed by atoms with Crippen molar-refractivity contribution in [2.45, 2.75) is 0 Å². The maximum absolute atomic E-state index is 5.59. The summed E-state index contributed by atoms with van der Waals surface area (Å²) in [5.41, 5.74) is 2.88. The molecule has 1 N–H and O–H groups in total. The molecule has 1 aromatic heterocycles. The Morgan fingerprint density at radius 1 is 0.909 bits per heavy atom. The van der Waals surface area contributed by atoms with Crippen LogP contribution < -0.4 is 14.8 Å². The zero-order chi connectivity index (χ0) is 14.8. The monoisotopic (exact) mass is 293 g/mol. The van der Waals surface area contributed by atoms with Crippen molar-refractivity contribution >= 4 is 11.4 Å². The Balaban J connectivity index is 1.55. The zero-order valence-electron chi connectivity index (χ0n) is 11.9. The molecule has 3 aromatic rings. The molecule has 1 aliphatic heterocycles. The molecule has 2 aromatic carbocycles. The van der Waals surface area contributed by atoms with Crippen LogP contribution in [0.4, 0.5) is 11.4 Å². The van der Waals surface area contributed by atoms with Crippen molar-refractivity contribution in [3.63, 3.8) is 0 Å². The lowest BCUT2D eigenvalue weighted by Gasteiger charge is -2.19. The van der Waals surface area contributed by atoms with Gasteiger partial charge in [0.2, 0.25) is 0 Å². The fraction of sp³-hybridized carbons (Fsp3) is 0.118. The van der Waals surface area contributed by atoms with E-state index in [-0.39, 0.29) is 0 Å². The van der Waals surface area contributed by atoms with Gasteiger partial charge in [0.1, 0.15) is 13.2 Å². The van der Waals surface area contributed by atoms with Gasteiger partial charge >= 0.3 is 0 Å². The van der Waals surface area contributed by atoms with Crippen molar-refractivity contribution in [3.8, 4) is 17.2 Å². The fourth-order valence-electron chi connectivity index (χ4n) is 2.40. The molecule has 0 fully saturated rings. The van der Waals surface area contributed by atoms with E-state index in [0.717, 1.165) is 28.6 Å². The molecule has 110 valence electrons. The number of nitrogens with one attached hydrogen (secondary N) is 1. The van der Waals surface area contributed by atoms with Crippen LogP contribution in [0, 0.1) is 0 Å². The van der Waals surface area contributed by atoms with Crippen LogP contribution in [0.1, 0.15) is 0 Å². The normalized spacial score (nSPS) is 12.9. The molecule has 1 aliphatic rings. The smallest absolute Gasteiger partial charge is 0.163 e. The number of rotatable bonds is 3. The van der Waals surface area contributed by atoms with Gasteiger partial charge in [0.25, 0.3) is 0 Å². The Morgan fingerprint density at radius 2 is 1.73 bits per heavy atom. The molecular weight excluding hydrogens is 278 g/mol. The van der Waals surface area contributed by atoms with Crippen LogP contribution in [0.15, 0.2) is 60.9 Å². The van der Waals surface area contributed by atoms with Gasteiger partial charge in [-0.25, -0.2) is 4.68 Å². The second-order valence-electron chi connectivity index (χ2n) is 4.99. The van der Waals surface area contributed by atoms with Crippen molar-refractivity contribution in [2.75, 3.05) is 18.5 Å². The molecule has 0 spiro atoms. The van der Waals surface area contributed by atoms with Gasteiger partial charge in [0.15, 0.2) is 11.5 Å². The van der Waals surface area contributed by atoms with Crippen LogP contribution in [-0.2, 0) is 0 Å². The summed E-state index contributed by atoms with van der Waals surface area (Å²) in [7, 11) is 0. The van der Waals surface area contributed by atoms with Gasteiger partial charge in [-0.2, -0.15) is 5.10 Å². The molecule has 5 nitrogen and oxygen atoms in total.